The Kier molecular flexibility index (Phi) is 6.26. The molecule has 0 unspecified atom stereocenters. The number of alkyl halides is 2. The maximum Gasteiger partial charge on any atom is 0.332 e. The summed E-state index contributed by atoms with van der Waals surface area (Å²) in [6, 6.07) is 14.4. The lowest BCUT2D eigenvalue weighted by molar-refractivity contribution is 0.0487. The van der Waals surface area contributed by atoms with Gasteiger partial charge in [0.05, 0.1) is 17.1 Å². The van der Waals surface area contributed by atoms with Crippen molar-refractivity contribution in [3.63, 3.8) is 0 Å². The molecule has 0 aliphatic carbocycles. The van der Waals surface area contributed by atoms with E-state index < -0.39 is 23.4 Å². The van der Waals surface area contributed by atoms with Crippen LogP contribution in [0.2, 0.25) is 0 Å². The van der Waals surface area contributed by atoms with Crippen molar-refractivity contribution in [3.8, 4) is 11.4 Å². The van der Waals surface area contributed by atoms with Gasteiger partial charge in [0.2, 0.25) is 5.43 Å². The summed E-state index contributed by atoms with van der Waals surface area (Å²) in [7, 11) is 0. The van der Waals surface area contributed by atoms with Gasteiger partial charge in [-0.05, 0) is 36.5 Å². The zero-order valence-corrected chi connectivity index (χ0v) is 17.4. The van der Waals surface area contributed by atoms with Crippen LogP contribution in [-0.2, 0) is 0 Å². The predicted octanol–water partition coefficient (Wildman–Crippen LogP) is 3.31. The lowest BCUT2D eigenvalue weighted by atomic mass is 10.2. The van der Waals surface area contributed by atoms with E-state index in [1.54, 1.807) is 24.3 Å². The van der Waals surface area contributed by atoms with E-state index in [2.05, 4.69) is 10.1 Å². The summed E-state index contributed by atoms with van der Waals surface area (Å²) in [4.78, 5) is 28.9. The fourth-order valence-corrected chi connectivity index (χ4v) is 3.24. The van der Waals surface area contributed by atoms with Gasteiger partial charge >= 0.3 is 6.55 Å². The van der Waals surface area contributed by atoms with Gasteiger partial charge in [0.1, 0.15) is 5.69 Å². The van der Waals surface area contributed by atoms with Crippen molar-refractivity contribution in [2.45, 2.75) is 6.55 Å². The van der Waals surface area contributed by atoms with E-state index in [9.17, 15) is 18.4 Å². The largest absolute Gasteiger partial charge is 0.405 e. The molecule has 0 spiro atoms. The first-order valence-corrected chi connectivity index (χ1v) is 9.90. The molecule has 0 bridgehead atoms. The first-order valence-electron chi connectivity index (χ1n) is 9.90. The molecular weight excluding hydrogens is 449 g/mol. The molecule has 0 saturated heterocycles. The van der Waals surface area contributed by atoms with Crippen LogP contribution in [0, 0.1) is 5.82 Å². The highest BCUT2D eigenvalue weighted by Crippen LogP contribution is 2.19. The molecule has 0 fully saturated rings. The maximum absolute atomic E-state index is 15.0. The fourth-order valence-electron chi connectivity index (χ4n) is 3.24. The third-order valence-corrected chi connectivity index (χ3v) is 4.74. The molecule has 2 aromatic carbocycles. The first-order chi connectivity index (χ1) is 16.4. The molecule has 0 atom stereocenters. The number of aliphatic imine (C=N–C) groups is 1. The Morgan fingerprint density at radius 3 is 2.47 bits per heavy atom. The second-order valence-electron chi connectivity index (χ2n) is 6.92. The first kappa shape index (κ1) is 22.5. The van der Waals surface area contributed by atoms with Crippen molar-refractivity contribution in [1.82, 2.24) is 19.1 Å². The summed E-state index contributed by atoms with van der Waals surface area (Å²) >= 11 is 0. The molecular formula is C23H17F3N6O2. The summed E-state index contributed by atoms with van der Waals surface area (Å²) in [5.74, 6) is -0.857. The van der Waals surface area contributed by atoms with E-state index in [-0.39, 0.29) is 22.8 Å². The number of aromatic nitrogens is 4. The molecule has 0 aliphatic heterocycles. The Morgan fingerprint density at radius 1 is 1.03 bits per heavy atom. The van der Waals surface area contributed by atoms with Crippen molar-refractivity contribution >= 4 is 11.4 Å². The molecule has 2 heterocycles. The molecule has 8 nitrogen and oxygen atoms in total. The van der Waals surface area contributed by atoms with Gasteiger partial charge in [-0.2, -0.15) is 13.9 Å². The fraction of sp³-hybridized carbons (Fsp3) is 0.0435. The normalized spacial score (nSPS) is 12.1. The molecule has 0 aliphatic rings. The van der Waals surface area contributed by atoms with E-state index >= 15 is 4.39 Å². The molecule has 2 aromatic heterocycles. The van der Waals surface area contributed by atoms with Crippen LogP contribution in [0.3, 0.4) is 0 Å². The van der Waals surface area contributed by atoms with Gasteiger partial charge in [0.15, 0.2) is 11.5 Å². The van der Waals surface area contributed by atoms with Gasteiger partial charge in [-0.15, -0.1) is 0 Å². The summed E-state index contributed by atoms with van der Waals surface area (Å²) in [5, 5.41) is 4.21. The molecule has 0 saturated carbocycles. The highest BCUT2D eigenvalue weighted by molar-refractivity contribution is 6.08. The minimum Gasteiger partial charge on any atom is -0.405 e. The van der Waals surface area contributed by atoms with Crippen molar-refractivity contribution in [1.29, 1.82) is 0 Å². The molecule has 0 amide bonds. The minimum absolute atomic E-state index is 0.0796. The summed E-state index contributed by atoms with van der Waals surface area (Å²) < 4.78 is 43.5. The third-order valence-electron chi connectivity index (χ3n) is 4.74. The zero-order chi connectivity index (χ0) is 24.2. The van der Waals surface area contributed by atoms with E-state index in [0.29, 0.717) is 15.1 Å². The maximum atomic E-state index is 15.0. The number of halogens is 3. The Hall–Kier alpha value is -4.67. The Bertz CT molecular complexity index is 1500. The summed E-state index contributed by atoms with van der Waals surface area (Å²) in [5.41, 5.74) is 4.74. The number of benzene rings is 2. The van der Waals surface area contributed by atoms with Crippen molar-refractivity contribution < 1.29 is 13.2 Å². The average Bonchev–Trinajstić information content (AvgIpc) is 3.22. The van der Waals surface area contributed by atoms with Gasteiger partial charge in [-0.25, -0.2) is 23.4 Å². The third kappa shape index (κ3) is 4.44. The van der Waals surface area contributed by atoms with Crippen LogP contribution < -0.4 is 16.7 Å². The van der Waals surface area contributed by atoms with E-state index in [1.807, 2.05) is 6.07 Å². The van der Waals surface area contributed by atoms with Crippen molar-refractivity contribution in [3.05, 3.63) is 117 Å². The topological polar surface area (TPSA) is 100 Å². The van der Waals surface area contributed by atoms with E-state index in [4.69, 9.17) is 5.73 Å². The van der Waals surface area contributed by atoms with Crippen molar-refractivity contribution in [2.24, 2.45) is 10.7 Å². The molecule has 172 valence electrons. The summed E-state index contributed by atoms with van der Waals surface area (Å²) in [6.07, 6.45) is 4.76. The number of para-hydroxylation sites is 1. The molecule has 34 heavy (non-hydrogen) atoms. The van der Waals surface area contributed by atoms with E-state index in [1.165, 1.54) is 36.7 Å². The summed E-state index contributed by atoms with van der Waals surface area (Å²) in [6.45, 7) is -2.99. The van der Waals surface area contributed by atoms with Crippen LogP contribution in [0.1, 0.15) is 12.2 Å². The monoisotopic (exact) mass is 466 g/mol. The molecule has 2 N–H and O–H groups in total. The highest BCUT2D eigenvalue weighted by atomic mass is 19.3. The Labute approximate surface area is 190 Å². The predicted molar refractivity (Wildman–Crippen MR) is 121 cm³/mol. The van der Waals surface area contributed by atoms with Crippen LogP contribution in [0.5, 0.6) is 0 Å². The second kappa shape index (κ2) is 9.45. The molecule has 4 rings (SSSR count). The standard InChI is InChI=1S/C23H17F3N6O2/c24-17-14-16(32-21(34)10-13-31(32)23(25)26)6-7-19(17)30-12-9-20(33)22(29-30)18(8-11-27)28-15-4-2-1-3-5-15/h1-14,23H,27H2. The van der Waals surface area contributed by atoms with Crippen LogP contribution in [0.4, 0.5) is 18.9 Å². The molecule has 11 heteroatoms. The molecule has 0 radical (unpaired) electrons. The van der Waals surface area contributed by atoms with E-state index in [0.717, 1.165) is 23.0 Å². The molecule has 4 aromatic rings. The van der Waals surface area contributed by atoms with Gasteiger partial charge in [0, 0.05) is 30.6 Å². The number of nitrogens with two attached hydrogens (primary N) is 1. The number of nitrogens with zero attached hydrogens (tertiary/aromatic N) is 5. The highest BCUT2D eigenvalue weighted by Gasteiger charge is 2.16. The lowest BCUT2D eigenvalue weighted by Gasteiger charge is -2.13. The smallest absolute Gasteiger partial charge is 0.332 e. The van der Waals surface area contributed by atoms with Gasteiger partial charge in [0.25, 0.3) is 5.56 Å². The Balaban J connectivity index is 1.79. The average molecular weight is 466 g/mol. The van der Waals surface area contributed by atoms with Gasteiger partial charge in [-0.3, -0.25) is 9.59 Å². The number of allylic oxidation sites excluding steroid dienone is 1. The number of rotatable bonds is 6. The zero-order valence-electron chi connectivity index (χ0n) is 17.4. The van der Waals surface area contributed by atoms with Crippen LogP contribution >= 0.6 is 0 Å². The number of hydrogen-bond donors (Lipinski definition) is 1. The van der Waals surface area contributed by atoms with Crippen LogP contribution in [-0.4, -0.2) is 24.9 Å². The Morgan fingerprint density at radius 2 is 1.79 bits per heavy atom. The van der Waals surface area contributed by atoms with Crippen LogP contribution in [0.25, 0.3) is 11.4 Å². The second-order valence-corrected chi connectivity index (χ2v) is 6.92. The van der Waals surface area contributed by atoms with Gasteiger partial charge < -0.3 is 5.73 Å². The lowest BCUT2D eigenvalue weighted by Crippen LogP contribution is -2.22. The minimum atomic E-state index is -2.99. The van der Waals surface area contributed by atoms with Crippen LogP contribution in [0.15, 0.2) is 99.9 Å². The number of hydrogen-bond acceptors (Lipinski definition) is 5. The van der Waals surface area contributed by atoms with Crippen molar-refractivity contribution in [2.75, 3.05) is 0 Å². The SMILES string of the molecule is NC=CC(=Nc1ccccc1)c1nn(-c2ccc(-n3c(=O)ccn3C(F)F)cc2F)ccc1=O. The van der Waals surface area contributed by atoms with Gasteiger partial charge in [-0.1, -0.05) is 18.2 Å². The quantitative estimate of drug-likeness (QED) is 0.441.